The number of aryl methyl sites for hydroxylation is 1. The first-order chi connectivity index (χ1) is 12.7. The molecule has 0 bridgehead atoms. The summed E-state index contributed by atoms with van der Waals surface area (Å²) in [6.45, 7) is 5.75. The second-order valence-corrected chi connectivity index (χ2v) is 6.57. The lowest BCUT2D eigenvalue weighted by molar-refractivity contribution is -0.144. The Hall–Kier alpha value is -2.84. The first-order valence-electron chi connectivity index (χ1n) is 8.41. The third-order valence-electron chi connectivity index (χ3n) is 4.14. The van der Waals surface area contributed by atoms with Crippen LogP contribution in [-0.2, 0) is 6.18 Å². The molecule has 0 aliphatic carbocycles. The zero-order valence-corrected chi connectivity index (χ0v) is 15.4. The van der Waals surface area contributed by atoms with Crippen LogP contribution in [0.2, 0.25) is 0 Å². The van der Waals surface area contributed by atoms with Gasteiger partial charge in [-0.2, -0.15) is 22.7 Å². The van der Waals surface area contributed by atoms with Crippen LogP contribution in [-0.4, -0.2) is 26.7 Å². The predicted octanol–water partition coefficient (Wildman–Crippen LogP) is 4.27. The number of hydrogen-bond donors (Lipinski definition) is 1. The van der Waals surface area contributed by atoms with Crippen LogP contribution in [0.25, 0.3) is 5.78 Å². The van der Waals surface area contributed by atoms with Crippen LogP contribution in [0.1, 0.15) is 37.0 Å². The molecule has 0 radical (unpaired) electrons. The van der Waals surface area contributed by atoms with Crippen LogP contribution in [0.15, 0.2) is 30.3 Å². The summed E-state index contributed by atoms with van der Waals surface area (Å²) in [7, 11) is 1.59. The molecule has 1 aromatic carbocycles. The number of halogens is 3. The number of rotatable bonds is 5. The van der Waals surface area contributed by atoms with Gasteiger partial charge in [-0.3, -0.25) is 0 Å². The smallest absolute Gasteiger partial charge is 0.453 e. The van der Waals surface area contributed by atoms with Crippen molar-refractivity contribution in [1.82, 2.24) is 19.6 Å². The molecule has 144 valence electrons. The van der Waals surface area contributed by atoms with E-state index in [2.05, 4.69) is 20.4 Å². The number of benzene rings is 1. The molecule has 0 saturated carbocycles. The van der Waals surface area contributed by atoms with Gasteiger partial charge in [-0.1, -0.05) is 26.0 Å². The van der Waals surface area contributed by atoms with E-state index in [1.54, 1.807) is 20.1 Å². The zero-order chi connectivity index (χ0) is 19.8. The zero-order valence-electron chi connectivity index (χ0n) is 15.4. The highest BCUT2D eigenvalue weighted by atomic mass is 19.4. The summed E-state index contributed by atoms with van der Waals surface area (Å²) in [5.74, 6) is -0.0201. The summed E-state index contributed by atoms with van der Waals surface area (Å²) in [5.41, 5.74) is 1.52. The van der Waals surface area contributed by atoms with Gasteiger partial charge in [0.2, 0.25) is 0 Å². The Morgan fingerprint density at radius 1 is 1.11 bits per heavy atom. The van der Waals surface area contributed by atoms with Gasteiger partial charge in [0.05, 0.1) is 13.2 Å². The molecule has 9 heteroatoms. The van der Waals surface area contributed by atoms with Gasteiger partial charge in [-0.15, -0.1) is 5.10 Å². The molecular weight excluding hydrogens is 359 g/mol. The molecule has 0 amide bonds. The Bertz CT molecular complexity index is 935. The minimum Gasteiger partial charge on any atom is -0.497 e. The van der Waals surface area contributed by atoms with Gasteiger partial charge in [0.1, 0.15) is 11.6 Å². The van der Waals surface area contributed by atoms with E-state index in [0.717, 1.165) is 15.8 Å². The molecule has 6 nitrogen and oxygen atoms in total. The summed E-state index contributed by atoms with van der Waals surface area (Å²) in [5, 5.41) is 6.89. The van der Waals surface area contributed by atoms with Gasteiger partial charge in [-0.05, 0) is 30.5 Å². The number of nitrogens with zero attached hydrogens (tertiary/aromatic N) is 4. The number of anilines is 1. The summed E-state index contributed by atoms with van der Waals surface area (Å²) < 4.78 is 45.2. The van der Waals surface area contributed by atoms with Gasteiger partial charge in [0.15, 0.2) is 0 Å². The fraction of sp³-hybridized carbons (Fsp3) is 0.389. The maximum absolute atomic E-state index is 13.0. The summed E-state index contributed by atoms with van der Waals surface area (Å²) >= 11 is 0. The standard InChI is InChI=1S/C18H20F3N5O/c1-10(2)15(12-5-7-13(27-4)8-6-12)23-14-9-11(3)22-17-24-16(18(19,20)21)25-26(14)17/h5-10,15,23H,1-4H3. The maximum atomic E-state index is 13.0. The summed E-state index contributed by atoms with van der Waals surface area (Å²) in [4.78, 5) is 7.56. The highest BCUT2D eigenvalue weighted by Crippen LogP contribution is 2.30. The van der Waals surface area contributed by atoms with Crippen molar-refractivity contribution in [2.24, 2.45) is 5.92 Å². The molecule has 0 saturated heterocycles. The van der Waals surface area contributed by atoms with Crippen LogP contribution in [0.5, 0.6) is 5.75 Å². The van der Waals surface area contributed by atoms with Gasteiger partial charge >= 0.3 is 6.18 Å². The van der Waals surface area contributed by atoms with E-state index >= 15 is 0 Å². The Morgan fingerprint density at radius 3 is 2.33 bits per heavy atom. The van der Waals surface area contributed by atoms with E-state index in [1.165, 1.54) is 0 Å². The highest BCUT2D eigenvalue weighted by Gasteiger charge is 2.37. The van der Waals surface area contributed by atoms with Gasteiger partial charge < -0.3 is 10.1 Å². The third-order valence-corrected chi connectivity index (χ3v) is 4.14. The topological polar surface area (TPSA) is 64.3 Å². The second kappa shape index (κ2) is 7.05. The fourth-order valence-electron chi connectivity index (χ4n) is 2.82. The lowest BCUT2D eigenvalue weighted by atomic mass is 9.96. The average Bonchev–Trinajstić information content (AvgIpc) is 3.03. The van der Waals surface area contributed by atoms with Crippen molar-refractivity contribution >= 4 is 11.6 Å². The molecular formula is C18H20F3N5O. The molecule has 0 aliphatic heterocycles. The van der Waals surface area contributed by atoms with E-state index in [9.17, 15) is 13.2 Å². The van der Waals surface area contributed by atoms with Crippen molar-refractivity contribution in [2.45, 2.75) is 33.0 Å². The van der Waals surface area contributed by atoms with E-state index in [0.29, 0.717) is 11.5 Å². The minimum absolute atomic E-state index is 0.0953. The number of ether oxygens (including phenoxy) is 1. The molecule has 0 aliphatic rings. The van der Waals surface area contributed by atoms with E-state index < -0.39 is 12.0 Å². The normalized spacial score (nSPS) is 13.2. The Labute approximate surface area is 154 Å². The van der Waals surface area contributed by atoms with Crippen molar-refractivity contribution < 1.29 is 17.9 Å². The molecule has 0 fully saturated rings. The van der Waals surface area contributed by atoms with E-state index in [-0.39, 0.29) is 17.7 Å². The largest absolute Gasteiger partial charge is 0.497 e. The van der Waals surface area contributed by atoms with Crippen LogP contribution in [0, 0.1) is 12.8 Å². The van der Waals surface area contributed by atoms with Crippen LogP contribution in [0.4, 0.5) is 19.0 Å². The number of aromatic nitrogens is 4. The fourth-order valence-corrected chi connectivity index (χ4v) is 2.82. The molecule has 0 spiro atoms. The monoisotopic (exact) mass is 379 g/mol. The first kappa shape index (κ1) is 18.9. The van der Waals surface area contributed by atoms with Crippen LogP contribution < -0.4 is 10.1 Å². The van der Waals surface area contributed by atoms with Crippen molar-refractivity contribution in [3.8, 4) is 5.75 Å². The van der Waals surface area contributed by atoms with E-state index in [1.807, 2.05) is 38.1 Å². The van der Waals surface area contributed by atoms with Crippen molar-refractivity contribution in [3.05, 3.63) is 47.4 Å². The Morgan fingerprint density at radius 2 is 1.78 bits per heavy atom. The number of hydrogen-bond acceptors (Lipinski definition) is 5. The first-order valence-corrected chi connectivity index (χ1v) is 8.41. The second-order valence-electron chi connectivity index (χ2n) is 6.57. The third kappa shape index (κ3) is 3.96. The van der Waals surface area contributed by atoms with Crippen molar-refractivity contribution in [3.63, 3.8) is 0 Å². The number of alkyl halides is 3. The molecule has 3 rings (SSSR count). The Balaban J connectivity index is 2.02. The van der Waals surface area contributed by atoms with E-state index in [4.69, 9.17) is 4.74 Å². The van der Waals surface area contributed by atoms with Crippen molar-refractivity contribution in [1.29, 1.82) is 0 Å². The quantitative estimate of drug-likeness (QED) is 0.717. The molecule has 1 atom stereocenters. The summed E-state index contributed by atoms with van der Waals surface area (Å²) in [6, 6.07) is 9.03. The molecule has 3 aromatic rings. The number of nitrogens with one attached hydrogen (secondary N) is 1. The molecule has 2 aromatic heterocycles. The van der Waals surface area contributed by atoms with Gasteiger partial charge in [0.25, 0.3) is 11.6 Å². The molecule has 27 heavy (non-hydrogen) atoms. The van der Waals surface area contributed by atoms with Crippen LogP contribution >= 0.6 is 0 Å². The molecule has 1 N–H and O–H groups in total. The Kier molecular flexibility index (Phi) is 4.95. The van der Waals surface area contributed by atoms with Gasteiger partial charge in [0, 0.05) is 11.8 Å². The summed E-state index contributed by atoms with van der Waals surface area (Å²) in [6.07, 6.45) is -4.63. The maximum Gasteiger partial charge on any atom is 0.453 e. The lowest BCUT2D eigenvalue weighted by Gasteiger charge is -2.24. The van der Waals surface area contributed by atoms with Gasteiger partial charge in [-0.25, -0.2) is 4.98 Å². The van der Waals surface area contributed by atoms with Crippen LogP contribution in [0.3, 0.4) is 0 Å². The number of fused-ring (bicyclic) bond motifs is 1. The molecule has 1 unspecified atom stereocenters. The minimum atomic E-state index is -4.63. The average molecular weight is 379 g/mol. The van der Waals surface area contributed by atoms with Crippen molar-refractivity contribution in [2.75, 3.05) is 12.4 Å². The number of methoxy groups -OCH3 is 1. The molecule has 2 heterocycles. The SMILES string of the molecule is COc1ccc(C(Nc2cc(C)nc3nc(C(F)(F)F)nn23)C(C)C)cc1. The lowest BCUT2D eigenvalue weighted by Crippen LogP contribution is -2.19. The predicted molar refractivity (Wildman–Crippen MR) is 94.7 cm³/mol. The highest BCUT2D eigenvalue weighted by molar-refractivity contribution is 5.47.